The summed E-state index contributed by atoms with van der Waals surface area (Å²) in [6.07, 6.45) is 1.79. The molecule has 2 rings (SSSR count). The molecule has 2 fully saturated rings. The van der Waals surface area contributed by atoms with E-state index < -0.39 is 0 Å². The van der Waals surface area contributed by atoms with E-state index in [0.717, 1.165) is 12.5 Å². The first-order chi connectivity index (χ1) is 4.30. The molecule has 1 heterocycles. The molecule has 0 aromatic rings. The summed E-state index contributed by atoms with van der Waals surface area (Å²) in [6.45, 7) is 3.05. The van der Waals surface area contributed by atoms with Crippen LogP contribution in [0, 0.1) is 11.8 Å². The highest BCUT2D eigenvalue weighted by molar-refractivity contribution is 5.05. The van der Waals surface area contributed by atoms with Gasteiger partial charge in [-0.2, -0.15) is 0 Å². The minimum atomic E-state index is 0.347. The minimum Gasteiger partial charge on any atom is -0.378 e. The van der Waals surface area contributed by atoms with Gasteiger partial charge in [-0.3, -0.25) is 0 Å². The van der Waals surface area contributed by atoms with E-state index in [-0.39, 0.29) is 0 Å². The van der Waals surface area contributed by atoms with Crippen LogP contribution < -0.4 is 5.73 Å². The SMILES string of the molecule is CC(N)C1C2CCOC21. The Bertz CT molecular complexity index is 114. The van der Waals surface area contributed by atoms with Crippen LogP contribution in [-0.4, -0.2) is 18.8 Å². The second-order valence-corrected chi connectivity index (χ2v) is 3.22. The van der Waals surface area contributed by atoms with Gasteiger partial charge in [0.15, 0.2) is 0 Å². The Labute approximate surface area is 55.4 Å². The van der Waals surface area contributed by atoms with E-state index in [4.69, 9.17) is 10.5 Å². The lowest BCUT2D eigenvalue weighted by Gasteiger charge is -2.05. The summed E-state index contributed by atoms with van der Waals surface area (Å²) in [5, 5.41) is 0. The Kier molecular flexibility index (Phi) is 1.08. The van der Waals surface area contributed by atoms with Gasteiger partial charge in [-0.05, 0) is 19.3 Å². The molecular weight excluding hydrogens is 114 g/mol. The highest BCUT2D eigenvalue weighted by Crippen LogP contribution is 2.50. The Balaban J connectivity index is 1.94. The van der Waals surface area contributed by atoms with Crippen LogP contribution in [-0.2, 0) is 4.74 Å². The first kappa shape index (κ1) is 5.69. The predicted molar refractivity (Wildman–Crippen MR) is 35.0 cm³/mol. The van der Waals surface area contributed by atoms with Gasteiger partial charge >= 0.3 is 0 Å². The molecule has 9 heavy (non-hydrogen) atoms. The molecule has 2 N–H and O–H groups in total. The van der Waals surface area contributed by atoms with Gasteiger partial charge in [0.1, 0.15) is 0 Å². The molecule has 0 spiro atoms. The molecule has 1 saturated heterocycles. The maximum atomic E-state index is 5.71. The van der Waals surface area contributed by atoms with Crippen molar-refractivity contribution < 1.29 is 4.74 Å². The lowest BCUT2D eigenvalue weighted by molar-refractivity contribution is 0.134. The fraction of sp³-hybridized carbons (Fsp3) is 1.00. The van der Waals surface area contributed by atoms with Crippen LogP contribution in [0.15, 0.2) is 0 Å². The summed E-state index contributed by atoms with van der Waals surface area (Å²) in [5.74, 6) is 1.52. The Morgan fingerprint density at radius 2 is 2.44 bits per heavy atom. The first-order valence-electron chi connectivity index (χ1n) is 3.68. The normalized spacial score (nSPS) is 50.7. The number of hydrogen-bond acceptors (Lipinski definition) is 2. The van der Waals surface area contributed by atoms with Gasteiger partial charge in [0.25, 0.3) is 0 Å². The van der Waals surface area contributed by atoms with Crippen LogP contribution in [0.1, 0.15) is 13.3 Å². The molecule has 0 bridgehead atoms. The summed E-state index contributed by atoms with van der Waals surface area (Å²) >= 11 is 0. The molecular formula is C7H13NO. The number of hydrogen-bond donors (Lipinski definition) is 1. The summed E-state index contributed by atoms with van der Waals surface area (Å²) in [5.41, 5.74) is 5.71. The van der Waals surface area contributed by atoms with Gasteiger partial charge in [0.05, 0.1) is 6.10 Å². The molecule has 2 aliphatic rings. The van der Waals surface area contributed by atoms with Crippen molar-refractivity contribution >= 4 is 0 Å². The van der Waals surface area contributed by atoms with E-state index in [9.17, 15) is 0 Å². The highest BCUT2D eigenvalue weighted by atomic mass is 16.5. The maximum absolute atomic E-state index is 5.71. The van der Waals surface area contributed by atoms with Crippen molar-refractivity contribution in [1.29, 1.82) is 0 Å². The molecule has 1 saturated carbocycles. The van der Waals surface area contributed by atoms with Crippen LogP contribution in [0.3, 0.4) is 0 Å². The summed E-state index contributed by atoms with van der Waals surface area (Å²) in [6, 6.07) is 0.347. The minimum absolute atomic E-state index is 0.347. The zero-order valence-corrected chi connectivity index (χ0v) is 5.71. The maximum Gasteiger partial charge on any atom is 0.0654 e. The standard InChI is InChI=1S/C7H13NO/c1-4(8)6-5-2-3-9-7(5)6/h4-7H,2-3,8H2,1H3. The van der Waals surface area contributed by atoms with E-state index in [1.807, 2.05) is 0 Å². The van der Waals surface area contributed by atoms with Gasteiger partial charge < -0.3 is 10.5 Å². The fourth-order valence-electron chi connectivity index (χ4n) is 1.99. The van der Waals surface area contributed by atoms with E-state index in [0.29, 0.717) is 18.1 Å². The van der Waals surface area contributed by atoms with Crippen LogP contribution in [0.25, 0.3) is 0 Å². The van der Waals surface area contributed by atoms with E-state index >= 15 is 0 Å². The van der Waals surface area contributed by atoms with Crippen molar-refractivity contribution in [3.05, 3.63) is 0 Å². The summed E-state index contributed by atoms with van der Waals surface area (Å²) < 4.78 is 5.42. The summed E-state index contributed by atoms with van der Waals surface area (Å²) in [4.78, 5) is 0. The van der Waals surface area contributed by atoms with Crippen molar-refractivity contribution in [1.82, 2.24) is 0 Å². The lowest BCUT2D eigenvalue weighted by atomic mass is 10.1. The van der Waals surface area contributed by atoms with E-state index in [2.05, 4.69) is 6.92 Å². The molecule has 0 amide bonds. The third-order valence-corrected chi connectivity index (χ3v) is 2.52. The van der Waals surface area contributed by atoms with Gasteiger partial charge in [0, 0.05) is 18.6 Å². The Hall–Kier alpha value is -0.0800. The van der Waals surface area contributed by atoms with Crippen LogP contribution >= 0.6 is 0 Å². The monoisotopic (exact) mass is 127 g/mol. The zero-order valence-electron chi connectivity index (χ0n) is 5.71. The molecule has 2 nitrogen and oxygen atoms in total. The van der Waals surface area contributed by atoms with Crippen LogP contribution in [0.2, 0.25) is 0 Å². The predicted octanol–water partition coefficient (Wildman–Crippen LogP) is 0.369. The Morgan fingerprint density at radius 1 is 1.67 bits per heavy atom. The average molecular weight is 127 g/mol. The second-order valence-electron chi connectivity index (χ2n) is 3.22. The quantitative estimate of drug-likeness (QED) is 0.552. The molecule has 2 heteroatoms. The van der Waals surface area contributed by atoms with Gasteiger partial charge in [-0.25, -0.2) is 0 Å². The molecule has 1 aliphatic heterocycles. The summed E-state index contributed by atoms with van der Waals surface area (Å²) in [7, 11) is 0. The molecule has 4 atom stereocenters. The van der Waals surface area contributed by atoms with Crippen molar-refractivity contribution in [2.24, 2.45) is 17.6 Å². The number of ether oxygens (including phenoxy) is 1. The first-order valence-corrected chi connectivity index (χ1v) is 3.68. The van der Waals surface area contributed by atoms with Gasteiger partial charge in [0.2, 0.25) is 0 Å². The number of rotatable bonds is 1. The molecule has 52 valence electrons. The van der Waals surface area contributed by atoms with Crippen molar-refractivity contribution in [3.63, 3.8) is 0 Å². The fourth-order valence-corrected chi connectivity index (χ4v) is 1.99. The number of nitrogens with two attached hydrogens (primary N) is 1. The zero-order chi connectivity index (χ0) is 6.43. The highest BCUT2D eigenvalue weighted by Gasteiger charge is 2.55. The second kappa shape index (κ2) is 1.70. The van der Waals surface area contributed by atoms with E-state index in [1.165, 1.54) is 6.42 Å². The lowest BCUT2D eigenvalue weighted by Crippen LogP contribution is -2.21. The van der Waals surface area contributed by atoms with Crippen molar-refractivity contribution in [2.75, 3.05) is 6.61 Å². The van der Waals surface area contributed by atoms with Gasteiger partial charge in [-0.15, -0.1) is 0 Å². The molecule has 1 aliphatic carbocycles. The molecule has 4 unspecified atom stereocenters. The van der Waals surface area contributed by atoms with Crippen LogP contribution in [0.4, 0.5) is 0 Å². The van der Waals surface area contributed by atoms with E-state index in [1.54, 1.807) is 0 Å². The average Bonchev–Trinajstić information content (AvgIpc) is 2.30. The number of fused-ring (bicyclic) bond motifs is 1. The third kappa shape index (κ3) is 0.700. The molecule has 0 aromatic heterocycles. The van der Waals surface area contributed by atoms with Crippen molar-refractivity contribution in [3.8, 4) is 0 Å². The molecule has 0 aromatic carbocycles. The van der Waals surface area contributed by atoms with Crippen molar-refractivity contribution in [2.45, 2.75) is 25.5 Å². The smallest absolute Gasteiger partial charge is 0.0654 e. The largest absolute Gasteiger partial charge is 0.378 e. The topological polar surface area (TPSA) is 35.2 Å². The van der Waals surface area contributed by atoms with Gasteiger partial charge in [-0.1, -0.05) is 0 Å². The third-order valence-electron chi connectivity index (χ3n) is 2.52. The Morgan fingerprint density at radius 3 is 2.78 bits per heavy atom. The molecule has 0 radical (unpaired) electrons. The van der Waals surface area contributed by atoms with Crippen LogP contribution in [0.5, 0.6) is 0 Å².